The van der Waals surface area contributed by atoms with Crippen LogP contribution in [0.25, 0.3) is 11.1 Å². The smallest absolute Gasteiger partial charge is 0.251 e. The van der Waals surface area contributed by atoms with Crippen molar-refractivity contribution in [3.63, 3.8) is 0 Å². The second kappa shape index (κ2) is 10.5. The number of benzene rings is 2. The van der Waals surface area contributed by atoms with Gasteiger partial charge in [-0.25, -0.2) is 0 Å². The average Bonchev–Trinajstić information content (AvgIpc) is 3.08. The van der Waals surface area contributed by atoms with Gasteiger partial charge < -0.3 is 24.5 Å². The lowest BCUT2D eigenvalue weighted by Gasteiger charge is -2.14. The van der Waals surface area contributed by atoms with E-state index in [1.54, 1.807) is 21.3 Å². The molecule has 2 aromatic carbocycles. The minimum Gasteiger partial charge on any atom is -0.496 e. The Kier molecular flexibility index (Phi) is 7.69. The van der Waals surface area contributed by atoms with Crippen molar-refractivity contribution >= 4 is 5.91 Å². The fraction of sp³-hybridized carbons (Fsp3) is 0.370. The Hall–Kier alpha value is -3.41. The van der Waals surface area contributed by atoms with Crippen molar-refractivity contribution in [2.45, 2.75) is 46.6 Å². The summed E-state index contributed by atoms with van der Waals surface area (Å²) in [5.41, 5.74) is 12.6. The Morgan fingerprint density at radius 2 is 1.58 bits per heavy atom. The monoisotopic (exact) mass is 450 g/mol. The van der Waals surface area contributed by atoms with Gasteiger partial charge in [0.1, 0.15) is 5.75 Å². The molecule has 176 valence electrons. The lowest BCUT2D eigenvalue weighted by molar-refractivity contribution is 0.1000. The van der Waals surface area contributed by atoms with Crippen molar-refractivity contribution in [3.8, 4) is 28.4 Å². The zero-order valence-corrected chi connectivity index (χ0v) is 20.5. The fourth-order valence-electron chi connectivity index (χ4n) is 4.52. The average molecular weight is 451 g/mol. The zero-order valence-electron chi connectivity index (χ0n) is 20.5. The van der Waals surface area contributed by atoms with Gasteiger partial charge in [-0.15, -0.1) is 0 Å². The molecule has 0 radical (unpaired) electrons. The van der Waals surface area contributed by atoms with Crippen molar-refractivity contribution < 1.29 is 19.0 Å². The summed E-state index contributed by atoms with van der Waals surface area (Å²) in [5.74, 6) is 1.83. The van der Waals surface area contributed by atoms with Crippen molar-refractivity contribution in [2.24, 2.45) is 5.73 Å². The van der Waals surface area contributed by atoms with Crippen LogP contribution in [0.15, 0.2) is 36.4 Å². The highest BCUT2D eigenvalue weighted by atomic mass is 16.5. The number of aryl methyl sites for hydroxylation is 2. The van der Waals surface area contributed by atoms with Gasteiger partial charge in [-0.3, -0.25) is 4.79 Å². The number of methoxy groups -OCH3 is 3. The van der Waals surface area contributed by atoms with Crippen molar-refractivity contribution in [1.82, 2.24) is 4.57 Å². The lowest BCUT2D eigenvalue weighted by Crippen LogP contribution is -2.14. The summed E-state index contributed by atoms with van der Waals surface area (Å²) in [7, 11) is 4.93. The molecule has 3 aromatic rings. The number of carbonyl (C=O) groups excluding carboxylic acids is 1. The molecular formula is C27H34N2O4. The number of rotatable bonds is 10. The summed E-state index contributed by atoms with van der Waals surface area (Å²) in [6, 6.07) is 12.0. The Bertz CT molecular complexity index is 1150. The van der Waals surface area contributed by atoms with E-state index in [4.69, 9.17) is 19.9 Å². The van der Waals surface area contributed by atoms with Crippen LogP contribution < -0.4 is 19.9 Å². The van der Waals surface area contributed by atoms with Crippen LogP contribution in [0, 0.1) is 13.8 Å². The first-order valence-corrected chi connectivity index (χ1v) is 11.2. The maximum atomic E-state index is 12.6. The second-order valence-corrected chi connectivity index (χ2v) is 8.17. The summed E-state index contributed by atoms with van der Waals surface area (Å²) in [6.45, 7) is 6.86. The third kappa shape index (κ3) is 4.85. The fourth-order valence-corrected chi connectivity index (χ4v) is 4.52. The summed E-state index contributed by atoms with van der Waals surface area (Å²) >= 11 is 0. The first-order valence-electron chi connectivity index (χ1n) is 11.2. The molecule has 6 nitrogen and oxygen atoms in total. The van der Waals surface area contributed by atoms with Gasteiger partial charge in [-0.2, -0.15) is 0 Å². The number of primary amides is 1. The van der Waals surface area contributed by atoms with E-state index in [-0.39, 0.29) is 0 Å². The first kappa shape index (κ1) is 24.2. The predicted octanol–water partition coefficient (Wildman–Crippen LogP) is 5.09. The Morgan fingerprint density at radius 3 is 2.15 bits per heavy atom. The van der Waals surface area contributed by atoms with Crippen molar-refractivity contribution in [3.05, 3.63) is 64.5 Å². The number of ether oxygens (including phenoxy) is 3. The SMILES string of the molecule is CCCc1c(-c2ccc(OC)c(C)c2)c(C(N)=O)c(C)n1CCc1ccc(OC)c(OC)c1. The van der Waals surface area contributed by atoms with E-state index in [1.807, 2.05) is 44.2 Å². The molecule has 1 aromatic heterocycles. The third-order valence-corrected chi connectivity index (χ3v) is 6.12. The maximum absolute atomic E-state index is 12.6. The molecule has 0 unspecified atom stereocenters. The van der Waals surface area contributed by atoms with Gasteiger partial charge in [-0.05, 0) is 67.6 Å². The van der Waals surface area contributed by atoms with Crippen molar-refractivity contribution in [2.75, 3.05) is 21.3 Å². The van der Waals surface area contributed by atoms with Crippen LogP contribution in [0.2, 0.25) is 0 Å². The molecule has 1 amide bonds. The predicted molar refractivity (Wildman–Crippen MR) is 132 cm³/mol. The van der Waals surface area contributed by atoms with Crippen LogP contribution in [0.3, 0.4) is 0 Å². The molecule has 0 aliphatic carbocycles. The molecule has 33 heavy (non-hydrogen) atoms. The molecule has 0 aliphatic heterocycles. The summed E-state index contributed by atoms with van der Waals surface area (Å²) < 4.78 is 18.5. The number of nitrogens with two attached hydrogens (primary N) is 1. The highest BCUT2D eigenvalue weighted by Gasteiger charge is 2.24. The molecule has 6 heteroatoms. The number of carbonyl (C=O) groups is 1. The molecular weight excluding hydrogens is 416 g/mol. The van der Waals surface area contributed by atoms with Crippen LogP contribution in [0.4, 0.5) is 0 Å². The Labute approximate surface area is 196 Å². The van der Waals surface area contributed by atoms with Gasteiger partial charge in [-0.1, -0.05) is 25.5 Å². The number of aromatic nitrogens is 1. The Balaban J connectivity index is 2.08. The lowest BCUT2D eigenvalue weighted by atomic mass is 9.96. The van der Waals surface area contributed by atoms with E-state index in [2.05, 4.69) is 17.6 Å². The topological polar surface area (TPSA) is 75.7 Å². The number of hydrogen-bond donors (Lipinski definition) is 1. The van der Waals surface area contributed by atoms with Crippen LogP contribution in [0.5, 0.6) is 17.2 Å². The highest BCUT2D eigenvalue weighted by Crippen LogP contribution is 2.36. The van der Waals surface area contributed by atoms with Crippen LogP contribution in [-0.2, 0) is 19.4 Å². The van der Waals surface area contributed by atoms with Gasteiger partial charge in [0.05, 0.1) is 26.9 Å². The molecule has 1 heterocycles. The van der Waals surface area contributed by atoms with E-state index in [0.717, 1.165) is 65.2 Å². The molecule has 0 fully saturated rings. The highest BCUT2D eigenvalue weighted by molar-refractivity contribution is 6.02. The van der Waals surface area contributed by atoms with Gasteiger partial charge >= 0.3 is 0 Å². The number of amides is 1. The third-order valence-electron chi connectivity index (χ3n) is 6.12. The Morgan fingerprint density at radius 1 is 0.909 bits per heavy atom. The maximum Gasteiger partial charge on any atom is 0.251 e. The van der Waals surface area contributed by atoms with Crippen LogP contribution in [-0.4, -0.2) is 31.8 Å². The van der Waals surface area contributed by atoms with Crippen molar-refractivity contribution in [1.29, 1.82) is 0 Å². The zero-order chi connectivity index (χ0) is 24.1. The molecule has 0 saturated heterocycles. The van der Waals surface area contributed by atoms with E-state index >= 15 is 0 Å². The van der Waals surface area contributed by atoms with Gasteiger partial charge in [0.25, 0.3) is 5.91 Å². The molecule has 3 rings (SSSR count). The quantitative estimate of drug-likeness (QED) is 0.467. The molecule has 0 spiro atoms. The van der Waals surface area contributed by atoms with E-state index < -0.39 is 5.91 Å². The van der Waals surface area contributed by atoms with Crippen LogP contribution in [0.1, 0.15) is 46.2 Å². The standard InChI is InChI=1S/C27H34N2O4/c1-7-8-21-26(20-10-12-22(31-4)17(2)15-20)25(27(28)30)18(3)29(21)14-13-19-9-11-23(32-5)24(16-19)33-6/h9-12,15-16H,7-8,13-14H2,1-6H3,(H2,28,30). The normalized spacial score (nSPS) is 10.8. The summed E-state index contributed by atoms with van der Waals surface area (Å²) in [5, 5.41) is 0. The largest absolute Gasteiger partial charge is 0.496 e. The molecule has 0 atom stereocenters. The molecule has 0 aliphatic rings. The second-order valence-electron chi connectivity index (χ2n) is 8.17. The minimum absolute atomic E-state index is 0.404. The minimum atomic E-state index is -0.404. The number of nitrogens with zero attached hydrogens (tertiary/aromatic N) is 1. The van der Waals surface area contributed by atoms with E-state index in [9.17, 15) is 4.79 Å². The summed E-state index contributed by atoms with van der Waals surface area (Å²) in [6.07, 6.45) is 2.59. The van der Waals surface area contributed by atoms with Gasteiger partial charge in [0, 0.05) is 23.5 Å². The molecule has 0 saturated carbocycles. The van der Waals surface area contributed by atoms with E-state index in [1.165, 1.54) is 0 Å². The van der Waals surface area contributed by atoms with Gasteiger partial charge in [0.15, 0.2) is 11.5 Å². The summed E-state index contributed by atoms with van der Waals surface area (Å²) in [4.78, 5) is 12.6. The van der Waals surface area contributed by atoms with Crippen LogP contribution >= 0.6 is 0 Å². The first-order chi connectivity index (χ1) is 15.9. The number of hydrogen-bond acceptors (Lipinski definition) is 4. The van der Waals surface area contributed by atoms with E-state index in [0.29, 0.717) is 17.1 Å². The van der Waals surface area contributed by atoms with Gasteiger partial charge in [0.2, 0.25) is 0 Å². The molecule has 2 N–H and O–H groups in total. The molecule has 0 bridgehead atoms.